The Bertz CT molecular complexity index is 1000. The second-order valence-corrected chi connectivity index (χ2v) is 7.59. The highest BCUT2D eigenvalue weighted by atomic mass is 35.5. The normalized spacial score (nSPS) is 13.0. The van der Waals surface area contributed by atoms with Crippen LogP contribution in [-0.4, -0.2) is 47.2 Å². The molecule has 1 heterocycles. The number of hydrogen-bond acceptors (Lipinski definition) is 5. The molecule has 1 aromatic carbocycles. The Labute approximate surface area is 197 Å². The summed E-state index contributed by atoms with van der Waals surface area (Å²) in [5.41, 5.74) is -0.779. The minimum absolute atomic E-state index is 0.0131. The van der Waals surface area contributed by atoms with E-state index in [0.29, 0.717) is 6.20 Å². The van der Waals surface area contributed by atoms with Crippen LogP contribution < -0.4 is 15.4 Å². The van der Waals surface area contributed by atoms with Gasteiger partial charge in [-0.05, 0) is 30.7 Å². The van der Waals surface area contributed by atoms with E-state index in [9.17, 15) is 32.3 Å². The van der Waals surface area contributed by atoms with Gasteiger partial charge in [0.1, 0.15) is 11.6 Å². The maximum absolute atomic E-state index is 13.4. The van der Waals surface area contributed by atoms with Gasteiger partial charge in [0, 0.05) is 30.5 Å². The molecule has 7 nitrogen and oxygen atoms in total. The second kappa shape index (κ2) is 12.3. The Morgan fingerprint density at radius 1 is 1.24 bits per heavy atom. The molecule has 0 spiro atoms. The Kier molecular flexibility index (Phi) is 9.82. The number of amides is 2. The smallest absolute Gasteiger partial charge is 0.417 e. The highest BCUT2D eigenvalue weighted by Crippen LogP contribution is 2.28. The Balaban J connectivity index is 1.74. The van der Waals surface area contributed by atoms with Crippen molar-refractivity contribution >= 4 is 23.4 Å². The number of halogens is 5. The lowest BCUT2D eigenvalue weighted by molar-refractivity contribution is -0.137. The van der Waals surface area contributed by atoms with Crippen LogP contribution in [0.15, 0.2) is 49.2 Å². The average molecular weight is 504 g/mol. The third-order valence-electron chi connectivity index (χ3n) is 4.45. The third kappa shape index (κ3) is 8.99. The molecule has 184 valence electrons. The Morgan fingerprint density at radius 3 is 2.56 bits per heavy atom. The lowest BCUT2D eigenvalue weighted by atomic mass is 10.1. The van der Waals surface area contributed by atoms with Crippen LogP contribution in [0.5, 0.6) is 5.75 Å². The number of ether oxygens (including phenoxy) is 1. The van der Waals surface area contributed by atoms with E-state index in [-0.39, 0.29) is 35.9 Å². The van der Waals surface area contributed by atoms with E-state index in [1.54, 1.807) is 0 Å². The lowest BCUT2D eigenvalue weighted by Crippen LogP contribution is -2.41. The molecule has 2 aromatic rings. The van der Waals surface area contributed by atoms with Crippen LogP contribution in [0.25, 0.3) is 0 Å². The fourth-order valence-corrected chi connectivity index (χ4v) is 2.83. The van der Waals surface area contributed by atoms with E-state index in [1.165, 1.54) is 18.2 Å². The van der Waals surface area contributed by atoms with Crippen molar-refractivity contribution in [2.24, 2.45) is 0 Å². The average Bonchev–Trinajstić information content (AvgIpc) is 2.77. The summed E-state index contributed by atoms with van der Waals surface area (Å²) in [6, 6.07) is 4.98. The summed E-state index contributed by atoms with van der Waals surface area (Å²) in [6.45, 7) is 2.99. The number of carbonyl (C=O) groups excluding carboxylic acids is 2. The fraction of sp³-hybridized carbons (Fsp3) is 0.318. The van der Waals surface area contributed by atoms with E-state index in [4.69, 9.17) is 16.3 Å². The van der Waals surface area contributed by atoms with E-state index in [1.807, 2.05) is 0 Å². The van der Waals surface area contributed by atoms with Gasteiger partial charge in [-0.3, -0.25) is 14.6 Å². The fourth-order valence-electron chi connectivity index (χ4n) is 2.71. The van der Waals surface area contributed by atoms with Crippen LogP contribution in [0.1, 0.15) is 17.7 Å². The van der Waals surface area contributed by atoms with Gasteiger partial charge in [-0.1, -0.05) is 17.7 Å². The molecule has 0 saturated carbocycles. The number of alkyl halides is 3. The van der Waals surface area contributed by atoms with Crippen LogP contribution >= 0.6 is 11.6 Å². The molecule has 2 amide bonds. The van der Waals surface area contributed by atoms with E-state index >= 15 is 0 Å². The summed E-state index contributed by atoms with van der Waals surface area (Å²) in [5.74, 6) is -1.69. The summed E-state index contributed by atoms with van der Waals surface area (Å²) < 4.78 is 56.2. The van der Waals surface area contributed by atoms with Crippen molar-refractivity contribution in [1.82, 2.24) is 15.6 Å². The zero-order valence-corrected chi connectivity index (χ0v) is 18.5. The maximum Gasteiger partial charge on any atom is 0.417 e. The first-order chi connectivity index (χ1) is 16.0. The molecule has 0 bridgehead atoms. The molecule has 0 aliphatic carbocycles. The summed E-state index contributed by atoms with van der Waals surface area (Å²) in [7, 11) is 0. The molecule has 2 rings (SSSR count). The number of benzene rings is 1. The Morgan fingerprint density at radius 2 is 1.97 bits per heavy atom. The molecule has 3 N–H and O–H groups in total. The summed E-state index contributed by atoms with van der Waals surface area (Å²) >= 11 is 5.56. The number of hydrogen-bond donors (Lipinski definition) is 3. The predicted octanol–water partition coefficient (Wildman–Crippen LogP) is 3.05. The molecular formula is C22H22ClF4N3O4. The summed E-state index contributed by atoms with van der Waals surface area (Å²) in [5, 5.41) is 15.0. The monoisotopic (exact) mass is 503 g/mol. The van der Waals surface area contributed by atoms with Crippen LogP contribution in [-0.2, 0) is 22.2 Å². The van der Waals surface area contributed by atoms with E-state index in [2.05, 4.69) is 22.2 Å². The van der Waals surface area contributed by atoms with Crippen LogP contribution in [0.2, 0.25) is 5.02 Å². The highest BCUT2D eigenvalue weighted by molar-refractivity contribution is 6.30. The van der Waals surface area contributed by atoms with E-state index in [0.717, 1.165) is 18.2 Å². The third-order valence-corrected chi connectivity index (χ3v) is 4.75. The zero-order chi connectivity index (χ0) is 25.3. The number of pyridine rings is 1. The molecule has 1 aromatic heterocycles. The summed E-state index contributed by atoms with van der Waals surface area (Å²) in [4.78, 5) is 27.6. The number of aliphatic hydroxyl groups excluding tert-OH is 1. The van der Waals surface area contributed by atoms with Gasteiger partial charge >= 0.3 is 6.18 Å². The van der Waals surface area contributed by atoms with Crippen LogP contribution in [0, 0.1) is 5.82 Å². The first-order valence-corrected chi connectivity index (χ1v) is 10.3. The minimum Gasteiger partial charge on any atom is -0.484 e. The first-order valence-electron chi connectivity index (χ1n) is 9.94. The van der Waals surface area contributed by atoms with Gasteiger partial charge in [0.2, 0.25) is 5.91 Å². The van der Waals surface area contributed by atoms with Gasteiger partial charge in [0.05, 0.1) is 23.1 Å². The van der Waals surface area contributed by atoms with Gasteiger partial charge in [0.15, 0.2) is 6.61 Å². The van der Waals surface area contributed by atoms with Gasteiger partial charge in [-0.2, -0.15) is 13.2 Å². The minimum atomic E-state index is -4.52. The number of carbonyl (C=O) groups is 2. The van der Waals surface area contributed by atoms with Crippen molar-refractivity contribution in [3.63, 3.8) is 0 Å². The molecule has 0 radical (unpaired) electrons. The first kappa shape index (κ1) is 27.1. The number of aromatic nitrogens is 1. The van der Waals surface area contributed by atoms with Gasteiger partial charge in [-0.15, -0.1) is 6.58 Å². The van der Waals surface area contributed by atoms with E-state index < -0.39 is 48.1 Å². The highest BCUT2D eigenvalue weighted by Gasteiger charge is 2.30. The standard InChI is InChI=1S/C22H22ClF4N3O4/c1-2-14(30-20(32)8-15-4-3-13(10-28-15)22(25,26)27)7-16(31)11-29-21(33)12-34-17-5-6-18(23)19(24)9-17/h2-6,9-10,14,16,31H,1,7-8,11-12H2,(H,29,33)(H,30,32). The molecule has 0 aliphatic rings. The SMILES string of the molecule is C=CC(CC(O)CNC(=O)COc1ccc(Cl)c(F)c1)NC(=O)Cc1ccc(C(F)(F)F)cn1. The van der Waals surface area contributed by atoms with Crippen molar-refractivity contribution in [3.8, 4) is 5.75 Å². The molecule has 0 saturated heterocycles. The quantitative estimate of drug-likeness (QED) is 0.323. The van der Waals surface area contributed by atoms with Crippen LogP contribution in [0.3, 0.4) is 0 Å². The second-order valence-electron chi connectivity index (χ2n) is 7.18. The summed E-state index contributed by atoms with van der Waals surface area (Å²) in [6.07, 6.45) is -3.80. The molecule has 34 heavy (non-hydrogen) atoms. The number of nitrogens with zero attached hydrogens (tertiary/aromatic N) is 1. The maximum atomic E-state index is 13.4. The van der Waals surface area contributed by atoms with Gasteiger partial charge in [-0.25, -0.2) is 4.39 Å². The zero-order valence-electron chi connectivity index (χ0n) is 17.7. The number of aliphatic hydroxyl groups is 1. The number of rotatable bonds is 11. The topological polar surface area (TPSA) is 101 Å². The number of nitrogens with one attached hydrogen (secondary N) is 2. The predicted molar refractivity (Wildman–Crippen MR) is 116 cm³/mol. The largest absolute Gasteiger partial charge is 0.484 e. The molecule has 0 fully saturated rings. The molecule has 12 heteroatoms. The lowest BCUT2D eigenvalue weighted by Gasteiger charge is -2.19. The van der Waals surface area contributed by atoms with Crippen molar-refractivity contribution in [2.75, 3.05) is 13.2 Å². The van der Waals surface area contributed by atoms with Crippen molar-refractivity contribution in [3.05, 3.63) is 71.3 Å². The molecule has 0 aliphatic heterocycles. The Hall–Kier alpha value is -3.18. The molecular weight excluding hydrogens is 482 g/mol. The van der Waals surface area contributed by atoms with Crippen molar-refractivity contribution < 1.29 is 37.0 Å². The van der Waals surface area contributed by atoms with Gasteiger partial charge < -0.3 is 20.5 Å². The van der Waals surface area contributed by atoms with Crippen molar-refractivity contribution in [2.45, 2.75) is 31.2 Å². The van der Waals surface area contributed by atoms with Gasteiger partial charge in [0.25, 0.3) is 5.91 Å². The molecule has 2 atom stereocenters. The van der Waals surface area contributed by atoms with Crippen molar-refractivity contribution in [1.29, 1.82) is 0 Å². The van der Waals surface area contributed by atoms with Crippen LogP contribution in [0.4, 0.5) is 17.6 Å². The molecule has 2 unspecified atom stereocenters.